The molecule has 0 atom stereocenters. The molecule has 3 N–H and O–H groups in total. The van der Waals surface area contributed by atoms with E-state index in [0.717, 1.165) is 5.56 Å². The lowest BCUT2D eigenvalue weighted by Crippen LogP contribution is -2.23. The second-order valence-corrected chi connectivity index (χ2v) is 6.35. The molecule has 0 saturated carbocycles. The smallest absolute Gasteiger partial charge is 0.240 e. The van der Waals surface area contributed by atoms with Crippen LogP contribution in [0.2, 0.25) is 0 Å². The Balaban J connectivity index is 2.13. The van der Waals surface area contributed by atoms with Crippen molar-refractivity contribution in [1.82, 2.24) is 4.72 Å². The molecule has 7 heteroatoms. The van der Waals surface area contributed by atoms with Gasteiger partial charge in [-0.25, -0.2) is 13.1 Å². The molecule has 0 aliphatic heterocycles. The number of nitrogens with one attached hydrogen (secondary N) is 1. The molecule has 0 spiro atoms. The molecule has 118 valence electrons. The summed E-state index contributed by atoms with van der Waals surface area (Å²) in [5, 5.41) is 0. The number of nitrogens with two attached hydrogens (primary N) is 1. The zero-order chi connectivity index (χ0) is 16.2. The van der Waals surface area contributed by atoms with E-state index in [9.17, 15) is 8.42 Å². The van der Waals surface area contributed by atoms with Gasteiger partial charge in [0.1, 0.15) is 0 Å². The third kappa shape index (κ3) is 3.69. The van der Waals surface area contributed by atoms with Crippen LogP contribution in [0.3, 0.4) is 0 Å². The van der Waals surface area contributed by atoms with Crippen LogP contribution in [0.25, 0.3) is 0 Å². The Kier molecular flexibility index (Phi) is 4.89. The molecule has 0 bridgehead atoms. The fourth-order valence-corrected chi connectivity index (χ4v) is 2.92. The maximum atomic E-state index is 12.2. The fourth-order valence-electron chi connectivity index (χ4n) is 1.90. The average molecular weight is 322 g/mol. The van der Waals surface area contributed by atoms with E-state index in [2.05, 4.69) is 4.72 Å². The number of hydrogen-bond donors (Lipinski definition) is 2. The molecule has 0 amide bonds. The van der Waals surface area contributed by atoms with Gasteiger partial charge in [0, 0.05) is 12.2 Å². The Hall–Kier alpha value is -2.25. The van der Waals surface area contributed by atoms with E-state index in [-0.39, 0.29) is 11.4 Å². The van der Waals surface area contributed by atoms with Gasteiger partial charge in [-0.05, 0) is 42.0 Å². The Morgan fingerprint density at radius 3 is 2.23 bits per heavy atom. The van der Waals surface area contributed by atoms with Crippen molar-refractivity contribution in [3.05, 3.63) is 48.0 Å². The summed E-state index contributed by atoms with van der Waals surface area (Å²) in [7, 11) is -0.517. The lowest BCUT2D eigenvalue weighted by atomic mass is 10.2. The summed E-state index contributed by atoms with van der Waals surface area (Å²) in [5.41, 5.74) is 6.83. The van der Waals surface area contributed by atoms with Crippen molar-refractivity contribution in [2.45, 2.75) is 11.4 Å². The van der Waals surface area contributed by atoms with Crippen LogP contribution in [0.4, 0.5) is 5.69 Å². The number of ether oxygens (including phenoxy) is 2. The number of methoxy groups -OCH3 is 2. The first-order valence-electron chi connectivity index (χ1n) is 6.52. The highest BCUT2D eigenvalue weighted by atomic mass is 32.2. The zero-order valence-electron chi connectivity index (χ0n) is 12.4. The van der Waals surface area contributed by atoms with Gasteiger partial charge in [0.05, 0.1) is 19.1 Å². The predicted octanol–water partition coefficient (Wildman–Crippen LogP) is 1.76. The number of hydrogen-bond acceptors (Lipinski definition) is 5. The Morgan fingerprint density at radius 2 is 1.64 bits per heavy atom. The van der Waals surface area contributed by atoms with Crippen LogP contribution in [-0.4, -0.2) is 22.6 Å². The van der Waals surface area contributed by atoms with Crippen LogP contribution in [0.1, 0.15) is 5.56 Å². The largest absolute Gasteiger partial charge is 0.493 e. The van der Waals surface area contributed by atoms with Gasteiger partial charge in [-0.1, -0.05) is 6.07 Å². The predicted molar refractivity (Wildman–Crippen MR) is 84.4 cm³/mol. The van der Waals surface area contributed by atoms with Crippen molar-refractivity contribution in [3.63, 3.8) is 0 Å². The number of rotatable bonds is 6. The number of nitrogen functional groups attached to an aromatic ring is 1. The molecule has 0 heterocycles. The summed E-state index contributed by atoms with van der Waals surface area (Å²) >= 11 is 0. The molecular formula is C15H18N2O4S. The molecule has 2 aromatic carbocycles. The van der Waals surface area contributed by atoms with Gasteiger partial charge in [-0.2, -0.15) is 0 Å². The topological polar surface area (TPSA) is 90.7 Å². The first-order valence-corrected chi connectivity index (χ1v) is 8.00. The van der Waals surface area contributed by atoms with Crippen molar-refractivity contribution in [1.29, 1.82) is 0 Å². The Bertz CT molecular complexity index is 743. The molecule has 0 radical (unpaired) electrons. The summed E-state index contributed by atoms with van der Waals surface area (Å²) < 4.78 is 37.2. The van der Waals surface area contributed by atoms with Gasteiger partial charge < -0.3 is 15.2 Å². The van der Waals surface area contributed by atoms with E-state index < -0.39 is 10.0 Å². The van der Waals surface area contributed by atoms with Crippen LogP contribution in [0.15, 0.2) is 47.4 Å². The second-order valence-electron chi connectivity index (χ2n) is 4.58. The second kappa shape index (κ2) is 6.67. The molecular weight excluding hydrogens is 304 g/mol. The van der Waals surface area contributed by atoms with Crippen molar-refractivity contribution < 1.29 is 17.9 Å². The van der Waals surface area contributed by atoms with E-state index in [0.29, 0.717) is 17.2 Å². The normalized spacial score (nSPS) is 11.2. The van der Waals surface area contributed by atoms with Crippen LogP contribution < -0.4 is 19.9 Å². The zero-order valence-corrected chi connectivity index (χ0v) is 13.2. The Labute approximate surface area is 129 Å². The van der Waals surface area contributed by atoms with E-state index in [1.807, 2.05) is 0 Å². The maximum absolute atomic E-state index is 12.2. The van der Waals surface area contributed by atoms with Crippen molar-refractivity contribution in [3.8, 4) is 11.5 Å². The molecule has 0 saturated heterocycles. The third-order valence-electron chi connectivity index (χ3n) is 3.10. The van der Waals surface area contributed by atoms with Gasteiger partial charge >= 0.3 is 0 Å². The van der Waals surface area contributed by atoms with Gasteiger partial charge in [0.25, 0.3) is 0 Å². The summed E-state index contributed by atoms with van der Waals surface area (Å²) in [6, 6.07) is 11.2. The molecule has 0 aromatic heterocycles. The van der Waals surface area contributed by atoms with Gasteiger partial charge in [0.15, 0.2) is 11.5 Å². The fraction of sp³-hybridized carbons (Fsp3) is 0.200. The molecule has 0 aliphatic rings. The molecule has 2 aromatic rings. The third-order valence-corrected chi connectivity index (χ3v) is 4.52. The van der Waals surface area contributed by atoms with Gasteiger partial charge in [-0.3, -0.25) is 0 Å². The van der Waals surface area contributed by atoms with E-state index in [1.165, 1.54) is 19.2 Å². The summed E-state index contributed by atoms with van der Waals surface area (Å²) in [4.78, 5) is 0.169. The molecule has 0 unspecified atom stereocenters. The Morgan fingerprint density at radius 1 is 1.00 bits per heavy atom. The number of anilines is 1. The standard InChI is InChI=1S/C15H18N2O4S/c1-20-14-8-3-11(9-15(14)21-2)10-17-22(18,19)13-6-4-12(16)5-7-13/h3-9,17H,10,16H2,1-2H3. The van der Waals surface area contributed by atoms with E-state index in [1.54, 1.807) is 37.4 Å². The minimum atomic E-state index is -3.59. The van der Waals surface area contributed by atoms with Crippen LogP contribution >= 0.6 is 0 Å². The molecule has 0 fully saturated rings. The summed E-state index contributed by atoms with van der Waals surface area (Å²) in [5.74, 6) is 1.14. The lowest BCUT2D eigenvalue weighted by molar-refractivity contribution is 0.354. The van der Waals surface area contributed by atoms with Crippen molar-refractivity contribution >= 4 is 15.7 Å². The first-order chi connectivity index (χ1) is 10.5. The first kappa shape index (κ1) is 16.1. The molecule has 0 aliphatic carbocycles. The minimum absolute atomic E-state index is 0.146. The number of sulfonamides is 1. The molecule has 6 nitrogen and oxygen atoms in total. The molecule has 22 heavy (non-hydrogen) atoms. The summed E-state index contributed by atoms with van der Waals surface area (Å²) in [6.45, 7) is 0.146. The lowest BCUT2D eigenvalue weighted by Gasteiger charge is -2.11. The highest BCUT2D eigenvalue weighted by Crippen LogP contribution is 2.27. The van der Waals surface area contributed by atoms with Crippen molar-refractivity contribution in [2.24, 2.45) is 0 Å². The van der Waals surface area contributed by atoms with Crippen molar-refractivity contribution in [2.75, 3.05) is 20.0 Å². The molecule has 2 rings (SSSR count). The highest BCUT2D eigenvalue weighted by molar-refractivity contribution is 7.89. The number of benzene rings is 2. The van der Waals surface area contributed by atoms with Crippen LogP contribution in [0.5, 0.6) is 11.5 Å². The van der Waals surface area contributed by atoms with Crippen LogP contribution in [-0.2, 0) is 16.6 Å². The minimum Gasteiger partial charge on any atom is -0.493 e. The quantitative estimate of drug-likeness (QED) is 0.791. The van der Waals surface area contributed by atoms with E-state index >= 15 is 0 Å². The summed E-state index contributed by atoms with van der Waals surface area (Å²) in [6.07, 6.45) is 0. The maximum Gasteiger partial charge on any atom is 0.240 e. The van der Waals surface area contributed by atoms with E-state index in [4.69, 9.17) is 15.2 Å². The SMILES string of the molecule is COc1ccc(CNS(=O)(=O)c2ccc(N)cc2)cc1OC. The van der Waals surface area contributed by atoms with Crippen LogP contribution in [0, 0.1) is 0 Å². The highest BCUT2D eigenvalue weighted by Gasteiger charge is 2.14. The van der Waals surface area contributed by atoms with Gasteiger partial charge in [0.2, 0.25) is 10.0 Å². The van der Waals surface area contributed by atoms with Gasteiger partial charge in [-0.15, -0.1) is 0 Å². The average Bonchev–Trinajstić information content (AvgIpc) is 2.53. The monoisotopic (exact) mass is 322 g/mol.